The van der Waals surface area contributed by atoms with Crippen molar-refractivity contribution in [3.8, 4) is 0 Å². The quantitative estimate of drug-likeness (QED) is 0.423. The second-order valence-corrected chi connectivity index (χ2v) is 11.2. The summed E-state index contributed by atoms with van der Waals surface area (Å²) in [7, 11) is 0.482. The fourth-order valence-electron chi connectivity index (χ4n) is 5.41. The highest BCUT2D eigenvalue weighted by atomic mass is 32.2. The highest BCUT2D eigenvalue weighted by molar-refractivity contribution is 7.83. The van der Waals surface area contributed by atoms with E-state index in [1.807, 2.05) is 28.8 Å². The number of carbonyl (C=O) groups excluding carboxylic acids is 1. The number of rotatable bonds is 9. The van der Waals surface area contributed by atoms with E-state index in [1.165, 1.54) is 43.4 Å². The van der Waals surface area contributed by atoms with Gasteiger partial charge in [0.1, 0.15) is 22.6 Å². The maximum Gasteiger partial charge on any atom is 0.227 e. The number of fused-ring (bicyclic) bond motifs is 1. The Kier molecular flexibility index (Phi) is 7.62. The van der Waals surface area contributed by atoms with Crippen molar-refractivity contribution in [1.82, 2.24) is 14.3 Å². The Morgan fingerprint density at radius 1 is 1.17 bits per heavy atom. The topological polar surface area (TPSA) is 67.2 Å². The van der Waals surface area contributed by atoms with Crippen LogP contribution in [0, 0.1) is 11.7 Å². The lowest BCUT2D eigenvalue weighted by molar-refractivity contribution is -0.119. The van der Waals surface area contributed by atoms with Gasteiger partial charge in [-0.3, -0.25) is 4.79 Å². The molecule has 5 rings (SSSR count). The summed E-state index contributed by atoms with van der Waals surface area (Å²) in [5.74, 6) is 1.25. The summed E-state index contributed by atoms with van der Waals surface area (Å²) < 4.78 is 31.4. The monoisotopic (exact) mass is 508 g/mol. The minimum Gasteiger partial charge on any atom is -0.337 e. The SMILES string of the molecule is Cn1ccnc1CN(C(=O)CCC1CCCC1)c1ccc2c(c1)C(NS(=O)c1ccc(F)cc1)CC2. The van der Waals surface area contributed by atoms with Crippen molar-refractivity contribution in [2.45, 2.75) is 68.8 Å². The molecule has 0 bridgehead atoms. The number of halogens is 1. The van der Waals surface area contributed by atoms with Gasteiger partial charge >= 0.3 is 0 Å². The first kappa shape index (κ1) is 24.8. The molecule has 0 spiro atoms. The maximum atomic E-state index is 13.5. The van der Waals surface area contributed by atoms with Crippen LogP contribution in [0.15, 0.2) is 59.8 Å². The lowest BCUT2D eigenvalue weighted by Gasteiger charge is -2.25. The van der Waals surface area contributed by atoms with Crippen LogP contribution < -0.4 is 9.62 Å². The van der Waals surface area contributed by atoms with Crippen LogP contribution >= 0.6 is 0 Å². The lowest BCUT2D eigenvalue weighted by atomic mass is 10.0. The van der Waals surface area contributed by atoms with Crippen LogP contribution in [0.5, 0.6) is 0 Å². The molecule has 1 saturated carbocycles. The predicted octanol–water partition coefficient (Wildman–Crippen LogP) is 5.36. The van der Waals surface area contributed by atoms with Crippen LogP contribution in [0.4, 0.5) is 10.1 Å². The average Bonchev–Trinajstić information content (AvgIpc) is 3.63. The molecule has 0 aliphatic heterocycles. The Balaban J connectivity index is 1.36. The number of nitrogens with zero attached hydrogens (tertiary/aromatic N) is 3. The number of hydrogen-bond donors (Lipinski definition) is 1. The maximum absolute atomic E-state index is 13.5. The van der Waals surface area contributed by atoms with Crippen molar-refractivity contribution in [1.29, 1.82) is 0 Å². The molecule has 0 radical (unpaired) electrons. The van der Waals surface area contributed by atoms with Crippen molar-refractivity contribution >= 4 is 22.6 Å². The molecule has 2 aliphatic rings. The van der Waals surface area contributed by atoms with Crippen LogP contribution in [0.1, 0.15) is 67.9 Å². The summed E-state index contributed by atoms with van der Waals surface area (Å²) in [4.78, 5) is 20.4. The number of benzene rings is 2. The third-order valence-electron chi connectivity index (χ3n) is 7.56. The van der Waals surface area contributed by atoms with E-state index >= 15 is 0 Å². The van der Waals surface area contributed by atoms with E-state index in [2.05, 4.69) is 21.8 Å². The Morgan fingerprint density at radius 2 is 1.94 bits per heavy atom. The molecule has 2 aliphatic carbocycles. The molecule has 36 heavy (non-hydrogen) atoms. The van der Waals surface area contributed by atoms with E-state index in [4.69, 9.17) is 0 Å². The Hall–Kier alpha value is -2.84. The molecule has 8 heteroatoms. The Labute approximate surface area is 214 Å². The fraction of sp³-hybridized carbons (Fsp3) is 0.429. The molecular formula is C28H33FN4O2S. The number of amides is 1. The zero-order chi connectivity index (χ0) is 25.1. The Bertz CT molecular complexity index is 1240. The molecule has 2 atom stereocenters. The second kappa shape index (κ2) is 11.0. The Morgan fingerprint density at radius 3 is 2.67 bits per heavy atom. The summed E-state index contributed by atoms with van der Waals surface area (Å²) >= 11 is 0. The van der Waals surface area contributed by atoms with Crippen LogP contribution in [-0.4, -0.2) is 19.7 Å². The first-order chi connectivity index (χ1) is 17.5. The fourth-order valence-corrected chi connectivity index (χ4v) is 6.43. The van der Waals surface area contributed by atoms with Gasteiger partial charge in [0.25, 0.3) is 0 Å². The van der Waals surface area contributed by atoms with Crippen molar-refractivity contribution in [2.24, 2.45) is 13.0 Å². The largest absolute Gasteiger partial charge is 0.337 e. The van der Waals surface area contributed by atoms with Gasteiger partial charge in [0.2, 0.25) is 5.91 Å². The molecule has 1 aromatic heterocycles. The van der Waals surface area contributed by atoms with Crippen molar-refractivity contribution in [3.63, 3.8) is 0 Å². The molecule has 2 aromatic carbocycles. The van der Waals surface area contributed by atoms with E-state index in [0.717, 1.165) is 36.3 Å². The minimum absolute atomic E-state index is 0.102. The predicted molar refractivity (Wildman–Crippen MR) is 139 cm³/mol. The zero-order valence-electron chi connectivity index (χ0n) is 20.7. The highest BCUT2D eigenvalue weighted by Crippen LogP contribution is 2.36. The third-order valence-corrected chi connectivity index (χ3v) is 8.76. The van der Waals surface area contributed by atoms with E-state index < -0.39 is 11.0 Å². The molecule has 190 valence electrons. The summed E-state index contributed by atoms with van der Waals surface area (Å²) in [5, 5.41) is 0. The highest BCUT2D eigenvalue weighted by Gasteiger charge is 2.27. The van der Waals surface area contributed by atoms with Gasteiger partial charge in [0, 0.05) is 37.6 Å². The van der Waals surface area contributed by atoms with Gasteiger partial charge in [0.05, 0.1) is 11.4 Å². The summed E-state index contributed by atoms with van der Waals surface area (Å²) in [6.07, 6.45) is 11.8. The molecule has 1 N–H and O–H groups in total. The summed E-state index contributed by atoms with van der Waals surface area (Å²) in [5.41, 5.74) is 3.11. The van der Waals surface area contributed by atoms with Crippen molar-refractivity contribution < 1.29 is 13.4 Å². The number of nitrogens with one attached hydrogen (secondary N) is 1. The van der Waals surface area contributed by atoms with Crippen molar-refractivity contribution in [2.75, 3.05) is 4.90 Å². The average molecular weight is 509 g/mol. The molecule has 1 heterocycles. The molecule has 1 fully saturated rings. The normalized spacial score (nSPS) is 18.3. The van der Waals surface area contributed by atoms with Crippen LogP contribution in [0.2, 0.25) is 0 Å². The van der Waals surface area contributed by atoms with Crippen LogP contribution in [0.25, 0.3) is 0 Å². The van der Waals surface area contributed by atoms with E-state index in [1.54, 1.807) is 18.3 Å². The van der Waals surface area contributed by atoms with E-state index in [0.29, 0.717) is 23.8 Å². The summed E-state index contributed by atoms with van der Waals surface area (Å²) in [6, 6.07) is 11.8. The number of aryl methyl sites for hydroxylation is 2. The molecular weight excluding hydrogens is 475 g/mol. The van der Waals surface area contributed by atoms with Gasteiger partial charge in [-0.05, 0) is 72.7 Å². The zero-order valence-corrected chi connectivity index (χ0v) is 21.5. The summed E-state index contributed by atoms with van der Waals surface area (Å²) in [6.45, 7) is 0.408. The molecule has 1 amide bonds. The first-order valence-corrected chi connectivity index (χ1v) is 14.0. The number of hydrogen-bond acceptors (Lipinski definition) is 3. The number of carbonyl (C=O) groups is 1. The number of anilines is 1. The van der Waals surface area contributed by atoms with Crippen LogP contribution in [0.3, 0.4) is 0 Å². The molecule has 6 nitrogen and oxygen atoms in total. The standard InChI is InChI=1S/C28H33FN4O2S/c1-32-17-16-30-27(32)19-33(28(34)15-6-20-4-2-3-5-20)23-11-7-21-8-14-26(25(21)18-23)31-36(35)24-12-9-22(29)10-13-24/h7,9-13,16-18,20,26,31H,2-6,8,14-15,19H2,1H3. The number of imidazole rings is 1. The smallest absolute Gasteiger partial charge is 0.227 e. The van der Waals surface area contributed by atoms with Crippen LogP contribution in [-0.2, 0) is 35.8 Å². The first-order valence-electron chi connectivity index (χ1n) is 12.8. The van der Waals surface area contributed by atoms with Gasteiger partial charge in [0.15, 0.2) is 0 Å². The van der Waals surface area contributed by atoms with E-state index in [9.17, 15) is 13.4 Å². The van der Waals surface area contributed by atoms with Crippen molar-refractivity contribution in [3.05, 3.63) is 77.6 Å². The minimum atomic E-state index is -1.46. The molecule has 3 aromatic rings. The van der Waals surface area contributed by atoms with Gasteiger partial charge in [-0.1, -0.05) is 31.7 Å². The van der Waals surface area contributed by atoms with Gasteiger partial charge in [-0.25, -0.2) is 18.3 Å². The lowest BCUT2D eigenvalue weighted by Crippen LogP contribution is -2.32. The number of aromatic nitrogens is 2. The van der Waals surface area contributed by atoms with Gasteiger partial charge in [-0.2, -0.15) is 0 Å². The second-order valence-electron chi connectivity index (χ2n) is 9.94. The third kappa shape index (κ3) is 5.60. The molecule has 2 unspecified atom stereocenters. The van der Waals surface area contributed by atoms with Gasteiger partial charge in [-0.15, -0.1) is 0 Å². The van der Waals surface area contributed by atoms with Gasteiger partial charge < -0.3 is 9.47 Å². The molecule has 0 saturated heterocycles. The van der Waals surface area contributed by atoms with E-state index in [-0.39, 0.29) is 17.8 Å².